The van der Waals surface area contributed by atoms with E-state index in [4.69, 9.17) is 0 Å². The molecule has 4 nitrogen and oxygen atoms in total. The van der Waals surface area contributed by atoms with E-state index in [-0.39, 0.29) is 0 Å². The Morgan fingerprint density at radius 2 is 1.75 bits per heavy atom. The molecule has 0 radical (unpaired) electrons. The van der Waals surface area contributed by atoms with Crippen molar-refractivity contribution in [1.82, 2.24) is 15.0 Å². The molecular weight excluding hydrogens is 248 g/mol. The minimum absolute atomic E-state index is 0.900. The third-order valence-electron chi connectivity index (χ3n) is 3.31. The van der Waals surface area contributed by atoms with Crippen molar-refractivity contribution in [2.45, 2.75) is 6.42 Å². The van der Waals surface area contributed by atoms with E-state index in [9.17, 15) is 0 Å². The molecule has 100 valence electrons. The van der Waals surface area contributed by atoms with Crippen molar-refractivity contribution in [3.8, 4) is 0 Å². The molecule has 3 aromatic rings. The molecule has 2 aromatic heterocycles. The molecule has 0 N–H and O–H groups in total. The maximum atomic E-state index is 4.64. The lowest BCUT2D eigenvalue weighted by Crippen LogP contribution is -2.21. The summed E-state index contributed by atoms with van der Waals surface area (Å²) in [6, 6.07) is 12.0. The van der Waals surface area contributed by atoms with Gasteiger partial charge in [0.15, 0.2) is 0 Å². The summed E-state index contributed by atoms with van der Waals surface area (Å²) in [5.41, 5.74) is 3.14. The second-order valence-electron chi connectivity index (χ2n) is 4.74. The van der Waals surface area contributed by atoms with E-state index in [0.29, 0.717) is 0 Å². The Hall–Kier alpha value is -2.49. The zero-order valence-electron chi connectivity index (χ0n) is 11.4. The summed E-state index contributed by atoms with van der Waals surface area (Å²) in [6.07, 6.45) is 6.44. The fourth-order valence-corrected chi connectivity index (χ4v) is 2.09. The van der Waals surface area contributed by atoms with Crippen LogP contribution in [0.3, 0.4) is 0 Å². The van der Waals surface area contributed by atoms with Gasteiger partial charge < -0.3 is 4.90 Å². The molecule has 3 rings (SSSR count). The van der Waals surface area contributed by atoms with Gasteiger partial charge in [0.1, 0.15) is 5.82 Å². The number of hydrogen-bond donors (Lipinski definition) is 0. The van der Waals surface area contributed by atoms with Crippen LogP contribution in [0.5, 0.6) is 0 Å². The lowest BCUT2D eigenvalue weighted by Gasteiger charge is -2.18. The maximum absolute atomic E-state index is 4.64. The molecule has 0 aliphatic carbocycles. The molecule has 0 atom stereocenters. The van der Waals surface area contributed by atoms with E-state index >= 15 is 0 Å². The van der Waals surface area contributed by atoms with Crippen molar-refractivity contribution in [3.63, 3.8) is 0 Å². The van der Waals surface area contributed by atoms with Crippen molar-refractivity contribution in [1.29, 1.82) is 0 Å². The van der Waals surface area contributed by atoms with Crippen LogP contribution < -0.4 is 4.90 Å². The lowest BCUT2D eigenvalue weighted by atomic mass is 10.2. The Kier molecular flexibility index (Phi) is 3.54. The van der Waals surface area contributed by atoms with Gasteiger partial charge in [-0.3, -0.25) is 9.97 Å². The molecule has 0 aliphatic rings. The summed E-state index contributed by atoms with van der Waals surface area (Å²) >= 11 is 0. The fourth-order valence-electron chi connectivity index (χ4n) is 2.09. The van der Waals surface area contributed by atoms with Gasteiger partial charge in [0.05, 0.1) is 17.2 Å². The van der Waals surface area contributed by atoms with E-state index in [1.807, 2.05) is 62.0 Å². The van der Waals surface area contributed by atoms with Crippen molar-refractivity contribution in [2.24, 2.45) is 0 Å². The van der Waals surface area contributed by atoms with Crippen LogP contribution in [-0.2, 0) is 6.42 Å². The quantitative estimate of drug-likeness (QED) is 0.726. The van der Waals surface area contributed by atoms with Gasteiger partial charge in [0.25, 0.3) is 0 Å². The Balaban J connectivity index is 1.73. The second-order valence-corrected chi connectivity index (χ2v) is 4.74. The molecule has 0 amide bonds. The minimum atomic E-state index is 0.900. The number of likely N-dealkylation sites (N-methyl/N-ethyl adjacent to an activating group) is 1. The molecule has 1 aromatic carbocycles. The largest absolute Gasteiger partial charge is 0.358 e. The van der Waals surface area contributed by atoms with Gasteiger partial charge in [0, 0.05) is 26.0 Å². The van der Waals surface area contributed by atoms with Crippen molar-refractivity contribution in [3.05, 3.63) is 60.6 Å². The van der Waals surface area contributed by atoms with Crippen LogP contribution >= 0.6 is 0 Å². The molecule has 20 heavy (non-hydrogen) atoms. The lowest BCUT2D eigenvalue weighted by molar-refractivity contribution is 0.858. The topological polar surface area (TPSA) is 41.9 Å². The first-order chi connectivity index (χ1) is 9.83. The number of para-hydroxylation sites is 2. The molecule has 0 aliphatic heterocycles. The highest BCUT2D eigenvalue weighted by Gasteiger charge is 2.05. The molecule has 0 saturated heterocycles. The normalized spacial score (nSPS) is 10.7. The van der Waals surface area contributed by atoms with Gasteiger partial charge in [-0.1, -0.05) is 12.1 Å². The molecule has 0 unspecified atom stereocenters. The summed E-state index contributed by atoms with van der Waals surface area (Å²) in [5, 5.41) is 0. The number of fused-ring (bicyclic) bond motifs is 1. The summed E-state index contributed by atoms with van der Waals surface area (Å²) in [6.45, 7) is 0.900. The van der Waals surface area contributed by atoms with E-state index in [2.05, 4.69) is 19.9 Å². The number of pyridine rings is 1. The zero-order valence-corrected chi connectivity index (χ0v) is 11.4. The van der Waals surface area contributed by atoms with Crippen molar-refractivity contribution < 1.29 is 0 Å². The van der Waals surface area contributed by atoms with Gasteiger partial charge in [-0.05, 0) is 36.2 Å². The number of rotatable bonds is 4. The molecule has 0 saturated carbocycles. The van der Waals surface area contributed by atoms with Gasteiger partial charge in [0.2, 0.25) is 0 Å². The highest BCUT2D eigenvalue weighted by Crippen LogP contribution is 2.14. The monoisotopic (exact) mass is 264 g/mol. The van der Waals surface area contributed by atoms with Crippen LogP contribution in [0.4, 0.5) is 5.82 Å². The molecule has 0 bridgehead atoms. The second kappa shape index (κ2) is 5.65. The zero-order chi connectivity index (χ0) is 13.8. The third-order valence-corrected chi connectivity index (χ3v) is 3.31. The van der Waals surface area contributed by atoms with Gasteiger partial charge in [-0.15, -0.1) is 0 Å². The highest BCUT2D eigenvalue weighted by atomic mass is 15.2. The molecule has 0 fully saturated rings. The van der Waals surface area contributed by atoms with Crippen LogP contribution in [0.2, 0.25) is 0 Å². The minimum Gasteiger partial charge on any atom is -0.358 e. The van der Waals surface area contributed by atoms with Crippen LogP contribution in [0, 0.1) is 0 Å². The molecule has 2 heterocycles. The smallest absolute Gasteiger partial charge is 0.147 e. The Bertz CT molecular complexity index is 697. The van der Waals surface area contributed by atoms with Gasteiger partial charge >= 0.3 is 0 Å². The van der Waals surface area contributed by atoms with Crippen LogP contribution in [0.1, 0.15) is 5.56 Å². The van der Waals surface area contributed by atoms with E-state index < -0.39 is 0 Å². The summed E-state index contributed by atoms with van der Waals surface area (Å²) in [7, 11) is 2.04. The number of benzene rings is 1. The van der Waals surface area contributed by atoms with E-state index in [1.54, 1.807) is 0 Å². The average Bonchev–Trinajstić information content (AvgIpc) is 2.53. The summed E-state index contributed by atoms with van der Waals surface area (Å²) in [4.78, 5) is 15.2. The number of anilines is 1. The maximum Gasteiger partial charge on any atom is 0.147 e. The van der Waals surface area contributed by atoms with Crippen LogP contribution in [-0.4, -0.2) is 28.5 Å². The first-order valence-corrected chi connectivity index (χ1v) is 6.65. The average molecular weight is 264 g/mol. The van der Waals surface area contributed by atoms with Gasteiger partial charge in [-0.25, -0.2) is 4.98 Å². The first kappa shape index (κ1) is 12.5. The Morgan fingerprint density at radius 1 is 1.00 bits per heavy atom. The predicted molar refractivity (Wildman–Crippen MR) is 80.7 cm³/mol. The first-order valence-electron chi connectivity index (χ1n) is 6.65. The number of nitrogens with zero attached hydrogens (tertiary/aromatic N) is 4. The molecule has 4 heteroatoms. The predicted octanol–water partition coefficient (Wildman–Crippen LogP) is 2.70. The summed E-state index contributed by atoms with van der Waals surface area (Å²) in [5.74, 6) is 0.901. The SMILES string of the molecule is CN(CCc1ccncc1)c1cnc2ccccc2n1. The van der Waals surface area contributed by atoms with Crippen LogP contribution in [0.15, 0.2) is 55.0 Å². The molecular formula is C16H16N4. The van der Waals surface area contributed by atoms with Crippen molar-refractivity contribution >= 4 is 16.9 Å². The Morgan fingerprint density at radius 3 is 2.55 bits per heavy atom. The third kappa shape index (κ3) is 2.74. The Labute approximate surface area is 118 Å². The van der Waals surface area contributed by atoms with Crippen molar-refractivity contribution in [2.75, 3.05) is 18.5 Å². The molecule has 0 spiro atoms. The standard InChI is InChI=1S/C16H16N4/c1-20(11-8-13-6-9-17-10-7-13)16-12-18-14-4-2-3-5-15(14)19-16/h2-7,9-10,12H,8,11H2,1H3. The number of hydrogen-bond acceptors (Lipinski definition) is 4. The van der Waals surface area contributed by atoms with Gasteiger partial charge in [-0.2, -0.15) is 0 Å². The fraction of sp³-hybridized carbons (Fsp3) is 0.188. The van der Waals surface area contributed by atoms with E-state index in [0.717, 1.165) is 29.8 Å². The van der Waals surface area contributed by atoms with E-state index in [1.165, 1.54) is 5.56 Å². The number of aromatic nitrogens is 3. The highest BCUT2D eigenvalue weighted by molar-refractivity contribution is 5.75. The van der Waals surface area contributed by atoms with Crippen LogP contribution in [0.25, 0.3) is 11.0 Å². The summed E-state index contributed by atoms with van der Waals surface area (Å²) < 4.78 is 0.